The van der Waals surface area contributed by atoms with Crippen molar-refractivity contribution in [1.82, 2.24) is 9.29 Å². The second kappa shape index (κ2) is 8.12. The minimum atomic E-state index is -3.62. The molecule has 0 spiro atoms. The molecule has 0 amide bonds. The Morgan fingerprint density at radius 1 is 1.03 bits per heavy atom. The number of aromatic nitrogens is 1. The van der Waals surface area contributed by atoms with Gasteiger partial charge in [0.05, 0.1) is 23.9 Å². The Labute approximate surface area is 177 Å². The van der Waals surface area contributed by atoms with E-state index in [2.05, 4.69) is 9.88 Å². The highest BCUT2D eigenvalue weighted by atomic mass is 32.2. The van der Waals surface area contributed by atoms with E-state index in [4.69, 9.17) is 9.15 Å². The zero-order chi connectivity index (χ0) is 21.3. The maximum atomic E-state index is 13.4. The van der Waals surface area contributed by atoms with Gasteiger partial charge in [-0.1, -0.05) is 24.3 Å². The van der Waals surface area contributed by atoms with Crippen LogP contribution in [0.2, 0.25) is 0 Å². The number of piperazine rings is 1. The number of benzene rings is 2. The molecule has 1 saturated heterocycles. The number of methoxy groups -OCH3 is 1. The fourth-order valence-electron chi connectivity index (χ4n) is 3.73. The standard InChI is InChI=1S/C22H25N3O4S/c1-16-8-9-18(21-15-23-17(2)29-21)14-22(16)30(26,27)25-12-10-24(11-13-25)19-6-4-5-7-20(19)28-3/h4-9,14-15H,10-13H2,1-3H3. The minimum absolute atomic E-state index is 0.305. The number of nitrogens with zero attached hydrogens (tertiary/aromatic N) is 3. The number of hydrogen-bond acceptors (Lipinski definition) is 6. The highest BCUT2D eigenvalue weighted by Crippen LogP contribution is 2.31. The van der Waals surface area contributed by atoms with Crippen molar-refractivity contribution in [3.05, 3.63) is 60.1 Å². The molecule has 1 fully saturated rings. The fourth-order valence-corrected chi connectivity index (χ4v) is 5.40. The van der Waals surface area contributed by atoms with Gasteiger partial charge in [0, 0.05) is 38.7 Å². The van der Waals surface area contributed by atoms with Crippen LogP contribution in [-0.2, 0) is 10.0 Å². The summed E-state index contributed by atoms with van der Waals surface area (Å²) in [6, 6.07) is 13.1. The lowest BCUT2D eigenvalue weighted by atomic mass is 10.1. The van der Waals surface area contributed by atoms with Gasteiger partial charge in [-0.05, 0) is 30.7 Å². The van der Waals surface area contributed by atoms with Crippen LogP contribution in [0.1, 0.15) is 11.5 Å². The third kappa shape index (κ3) is 3.80. The van der Waals surface area contributed by atoms with E-state index in [1.54, 1.807) is 30.6 Å². The number of anilines is 1. The summed E-state index contributed by atoms with van der Waals surface area (Å²) in [4.78, 5) is 6.57. The van der Waals surface area contributed by atoms with Gasteiger partial charge < -0.3 is 14.1 Å². The Morgan fingerprint density at radius 3 is 2.43 bits per heavy atom. The first-order valence-corrected chi connectivity index (χ1v) is 11.3. The average Bonchev–Trinajstić information content (AvgIpc) is 3.20. The van der Waals surface area contributed by atoms with Crippen LogP contribution in [0.15, 0.2) is 58.0 Å². The lowest BCUT2D eigenvalue weighted by molar-refractivity contribution is 0.378. The Hall–Kier alpha value is -2.84. The average molecular weight is 428 g/mol. The minimum Gasteiger partial charge on any atom is -0.495 e. The second-order valence-corrected chi connectivity index (χ2v) is 9.19. The molecule has 0 aliphatic carbocycles. The summed E-state index contributed by atoms with van der Waals surface area (Å²) in [5.74, 6) is 1.90. The van der Waals surface area contributed by atoms with Crippen molar-refractivity contribution in [3.8, 4) is 17.1 Å². The van der Waals surface area contributed by atoms with E-state index in [0.717, 1.165) is 11.4 Å². The molecular weight excluding hydrogens is 402 g/mol. The molecule has 0 bridgehead atoms. The van der Waals surface area contributed by atoms with E-state index in [1.807, 2.05) is 43.3 Å². The molecule has 0 atom stereocenters. The van der Waals surface area contributed by atoms with Gasteiger partial charge in [-0.25, -0.2) is 13.4 Å². The molecule has 0 saturated carbocycles. The molecule has 8 heteroatoms. The summed E-state index contributed by atoms with van der Waals surface area (Å²) >= 11 is 0. The number of sulfonamides is 1. The first-order chi connectivity index (χ1) is 14.4. The molecule has 1 aliphatic rings. The van der Waals surface area contributed by atoms with E-state index in [9.17, 15) is 8.42 Å². The highest BCUT2D eigenvalue weighted by Gasteiger charge is 2.30. The van der Waals surface area contributed by atoms with Crippen LogP contribution >= 0.6 is 0 Å². The van der Waals surface area contributed by atoms with Crippen molar-refractivity contribution in [1.29, 1.82) is 0 Å². The maximum Gasteiger partial charge on any atom is 0.243 e. The van der Waals surface area contributed by atoms with Gasteiger partial charge in [0.2, 0.25) is 10.0 Å². The van der Waals surface area contributed by atoms with Crippen molar-refractivity contribution in [2.75, 3.05) is 38.2 Å². The first kappa shape index (κ1) is 20.4. The molecule has 158 valence electrons. The second-order valence-electron chi connectivity index (χ2n) is 7.29. The van der Waals surface area contributed by atoms with Crippen LogP contribution in [0.5, 0.6) is 5.75 Å². The summed E-state index contributed by atoms with van der Waals surface area (Å²) in [7, 11) is -1.98. The molecule has 0 unspecified atom stereocenters. The van der Waals surface area contributed by atoms with Gasteiger partial charge in [0.25, 0.3) is 0 Å². The van der Waals surface area contributed by atoms with Crippen molar-refractivity contribution < 1.29 is 17.6 Å². The van der Waals surface area contributed by atoms with E-state index in [0.29, 0.717) is 53.9 Å². The summed E-state index contributed by atoms with van der Waals surface area (Å²) in [5.41, 5.74) is 2.39. The lowest BCUT2D eigenvalue weighted by Gasteiger charge is -2.36. The third-order valence-corrected chi connectivity index (χ3v) is 7.42. The Morgan fingerprint density at radius 2 is 1.77 bits per heavy atom. The number of hydrogen-bond donors (Lipinski definition) is 0. The molecule has 30 heavy (non-hydrogen) atoms. The van der Waals surface area contributed by atoms with Crippen LogP contribution in [0.3, 0.4) is 0 Å². The molecule has 0 radical (unpaired) electrons. The van der Waals surface area contributed by atoms with E-state index >= 15 is 0 Å². The number of aryl methyl sites for hydroxylation is 2. The van der Waals surface area contributed by atoms with E-state index in [1.165, 1.54) is 0 Å². The largest absolute Gasteiger partial charge is 0.495 e. The van der Waals surface area contributed by atoms with Gasteiger partial charge in [-0.2, -0.15) is 4.31 Å². The smallest absolute Gasteiger partial charge is 0.243 e. The van der Waals surface area contributed by atoms with Gasteiger partial charge in [0.15, 0.2) is 11.7 Å². The molecule has 1 aromatic heterocycles. The summed E-state index contributed by atoms with van der Waals surface area (Å²) < 4.78 is 39.4. The first-order valence-electron chi connectivity index (χ1n) is 9.82. The van der Waals surface area contributed by atoms with Crippen molar-refractivity contribution >= 4 is 15.7 Å². The predicted molar refractivity (Wildman–Crippen MR) is 115 cm³/mol. The monoisotopic (exact) mass is 427 g/mol. The normalized spacial score (nSPS) is 15.4. The zero-order valence-corrected chi connectivity index (χ0v) is 18.1. The molecule has 4 rings (SSSR count). The van der Waals surface area contributed by atoms with Gasteiger partial charge in [-0.3, -0.25) is 0 Å². The zero-order valence-electron chi connectivity index (χ0n) is 17.3. The van der Waals surface area contributed by atoms with Gasteiger partial charge >= 0.3 is 0 Å². The molecule has 7 nitrogen and oxygen atoms in total. The number of oxazole rings is 1. The van der Waals surface area contributed by atoms with Crippen LogP contribution in [0.4, 0.5) is 5.69 Å². The molecule has 2 aromatic carbocycles. The molecule has 2 heterocycles. The molecule has 0 N–H and O–H groups in total. The number of rotatable bonds is 5. The lowest BCUT2D eigenvalue weighted by Crippen LogP contribution is -2.48. The predicted octanol–water partition coefficient (Wildman–Crippen LogP) is 3.48. The quantitative estimate of drug-likeness (QED) is 0.621. The highest BCUT2D eigenvalue weighted by molar-refractivity contribution is 7.89. The Bertz CT molecular complexity index is 1150. The Balaban J connectivity index is 1.56. The molecular formula is C22H25N3O4S. The van der Waals surface area contributed by atoms with Crippen LogP contribution in [0.25, 0.3) is 11.3 Å². The van der Waals surface area contributed by atoms with Crippen molar-refractivity contribution in [2.24, 2.45) is 0 Å². The molecule has 1 aliphatic heterocycles. The van der Waals surface area contributed by atoms with Crippen molar-refractivity contribution in [3.63, 3.8) is 0 Å². The SMILES string of the molecule is COc1ccccc1N1CCN(S(=O)(=O)c2cc(-c3cnc(C)o3)ccc2C)CC1. The van der Waals surface area contributed by atoms with Crippen molar-refractivity contribution in [2.45, 2.75) is 18.7 Å². The van der Waals surface area contributed by atoms with Crippen LogP contribution in [-0.4, -0.2) is 51.0 Å². The molecule has 3 aromatic rings. The number of ether oxygens (including phenoxy) is 1. The van der Waals surface area contributed by atoms with E-state index in [-0.39, 0.29) is 0 Å². The van der Waals surface area contributed by atoms with Crippen LogP contribution in [0, 0.1) is 13.8 Å². The maximum absolute atomic E-state index is 13.4. The summed E-state index contributed by atoms with van der Waals surface area (Å²) in [6.45, 7) is 5.58. The van der Waals surface area contributed by atoms with Gasteiger partial charge in [-0.15, -0.1) is 0 Å². The topological polar surface area (TPSA) is 75.9 Å². The van der Waals surface area contributed by atoms with E-state index < -0.39 is 10.0 Å². The summed E-state index contributed by atoms with van der Waals surface area (Å²) in [5, 5.41) is 0. The Kier molecular flexibility index (Phi) is 5.53. The fraction of sp³-hybridized carbons (Fsp3) is 0.318. The van der Waals surface area contributed by atoms with Gasteiger partial charge in [0.1, 0.15) is 5.75 Å². The number of para-hydroxylation sites is 2. The van der Waals surface area contributed by atoms with Crippen LogP contribution < -0.4 is 9.64 Å². The summed E-state index contributed by atoms with van der Waals surface area (Å²) in [6.07, 6.45) is 1.61. The third-order valence-electron chi connectivity index (χ3n) is 5.38.